The maximum absolute atomic E-state index is 12.7. The van der Waals surface area contributed by atoms with Gasteiger partial charge >= 0.3 is 0 Å². The summed E-state index contributed by atoms with van der Waals surface area (Å²) >= 11 is 6.09. The van der Waals surface area contributed by atoms with Gasteiger partial charge in [0.25, 0.3) is 5.56 Å². The van der Waals surface area contributed by atoms with Gasteiger partial charge in [-0.05, 0) is 37.3 Å². The van der Waals surface area contributed by atoms with E-state index >= 15 is 0 Å². The lowest BCUT2D eigenvalue weighted by Gasteiger charge is -2.32. The first kappa shape index (κ1) is 21.7. The number of aromatic nitrogens is 4. The van der Waals surface area contributed by atoms with Crippen LogP contribution >= 0.6 is 11.6 Å². The van der Waals surface area contributed by atoms with Crippen LogP contribution in [-0.4, -0.2) is 82.8 Å². The largest absolute Gasteiger partial charge is 0.396 e. The van der Waals surface area contributed by atoms with E-state index in [2.05, 4.69) is 19.9 Å². The van der Waals surface area contributed by atoms with Crippen LogP contribution in [0.3, 0.4) is 0 Å². The number of ether oxygens (including phenoxy) is 1. The second kappa shape index (κ2) is 10.1. The third-order valence-corrected chi connectivity index (χ3v) is 5.21. The van der Waals surface area contributed by atoms with Gasteiger partial charge in [-0.3, -0.25) is 9.78 Å². The Morgan fingerprint density at radius 1 is 1.14 bits per heavy atom. The van der Waals surface area contributed by atoms with E-state index in [4.69, 9.17) is 16.3 Å². The monoisotopic (exact) mass is 426 g/mol. The molecule has 3 N–H and O–H groups in total. The van der Waals surface area contributed by atoms with Gasteiger partial charge in [0.2, 0.25) is 11.2 Å². The number of H-pyrrole nitrogens is 1. The van der Waals surface area contributed by atoms with E-state index in [9.17, 15) is 15.0 Å². The molecule has 1 aliphatic heterocycles. The number of aliphatic hydroxyl groups is 2. The first-order valence-corrected chi connectivity index (χ1v) is 10.2. The Balaban J connectivity index is 2.02. The van der Waals surface area contributed by atoms with Gasteiger partial charge in [0.1, 0.15) is 5.52 Å². The van der Waals surface area contributed by atoms with Crippen molar-refractivity contribution in [1.82, 2.24) is 19.9 Å². The molecule has 1 fully saturated rings. The Hall–Kier alpha value is -2.01. The van der Waals surface area contributed by atoms with Gasteiger partial charge in [0.15, 0.2) is 11.3 Å². The van der Waals surface area contributed by atoms with Gasteiger partial charge in [-0.1, -0.05) is 0 Å². The fourth-order valence-electron chi connectivity index (χ4n) is 3.49. The molecular weight excluding hydrogens is 400 g/mol. The van der Waals surface area contributed by atoms with Gasteiger partial charge in [-0.25, -0.2) is 9.97 Å². The molecule has 10 nitrogen and oxygen atoms in total. The first-order chi connectivity index (χ1) is 14.1. The highest BCUT2D eigenvalue weighted by Gasteiger charge is 2.24. The van der Waals surface area contributed by atoms with Crippen LogP contribution in [0.5, 0.6) is 0 Å². The van der Waals surface area contributed by atoms with E-state index in [0.29, 0.717) is 56.3 Å². The summed E-state index contributed by atoms with van der Waals surface area (Å²) in [7, 11) is 1.71. The average Bonchev–Trinajstić information content (AvgIpc) is 2.74. The number of nitrogens with zero attached hydrogens (tertiary/aromatic N) is 5. The van der Waals surface area contributed by atoms with E-state index < -0.39 is 5.56 Å². The fourth-order valence-corrected chi connectivity index (χ4v) is 3.66. The molecule has 0 radical (unpaired) electrons. The summed E-state index contributed by atoms with van der Waals surface area (Å²) in [4.78, 5) is 32.5. The number of hydrogen-bond donors (Lipinski definition) is 3. The van der Waals surface area contributed by atoms with E-state index in [1.54, 1.807) is 7.11 Å². The van der Waals surface area contributed by atoms with Crippen LogP contribution in [0.1, 0.15) is 25.7 Å². The highest BCUT2D eigenvalue weighted by Crippen LogP contribution is 2.26. The van der Waals surface area contributed by atoms with Crippen molar-refractivity contribution in [3.8, 4) is 0 Å². The van der Waals surface area contributed by atoms with Crippen molar-refractivity contribution in [1.29, 1.82) is 0 Å². The van der Waals surface area contributed by atoms with E-state index in [1.165, 1.54) is 0 Å². The average molecular weight is 427 g/mol. The molecule has 0 aliphatic carbocycles. The normalized spacial score (nSPS) is 15.2. The van der Waals surface area contributed by atoms with E-state index in [1.807, 2.05) is 9.80 Å². The molecule has 2 aromatic rings. The van der Waals surface area contributed by atoms with Crippen molar-refractivity contribution in [3.63, 3.8) is 0 Å². The number of rotatable bonds is 9. The smallest absolute Gasteiger partial charge is 0.279 e. The Labute approximate surface area is 173 Å². The lowest BCUT2D eigenvalue weighted by atomic mass is 10.1. The summed E-state index contributed by atoms with van der Waals surface area (Å²) in [6, 6.07) is 0. The number of hydrogen-bond acceptors (Lipinski definition) is 9. The molecule has 3 heterocycles. The number of piperidine rings is 1. The first-order valence-electron chi connectivity index (χ1n) is 9.79. The number of aromatic amines is 1. The minimum atomic E-state index is -0.402. The summed E-state index contributed by atoms with van der Waals surface area (Å²) < 4.78 is 5.43. The zero-order valence-electron chi connectivity index (χ0n) is 16.5. The highest BCUT2D eigenvalue weighted by atomic mass is 35.5. The topological polar surface area (TPSA) is 128 Å². The maximum atomic E-state index is 12.7. The number of fused-ring (bicyclic) bond motifs is 1. The number of anilines is 2. The lowest BCUT2D eigenvalue weighted by molar-refractivity contribution is 0.0818. The molecule has 0 bridgehead atoms. The van der Waals surface area contributed by atoms with E-state index in [0.717, 1.165) is 12.8 Å². The van der Waals surface area contributed by atoms with Crippen molar-refractivity contribution in [3.05, 3.63) is 15.6 Å². The van der Waals surface area contributed by atoms with Crippen molar-refractivity contribution >= 4 is 34.4 Å². The molecule has 0 spiro atoms. The zero-order valence-corrected chi connectivity index (χ0v) is 17.2. The van der Waals surface area contributed by atoms with Gasteiger partial charge < -0.3 is 24.7 Å². The summed E-state index contributed by atoms with van der Waals surface area (Å²) in [6.45, 7) is 2.45. The number of halogens is 1. The predicted molar refractivity (Wildman–Crippen MR) is 111 cm³/mol. The van der Waals surface area contributed by atoms with Crippen molar-refractivity contribution < 1.29 is 14.9 Å². The third-order valence-electron chi connectivity index (χ3n) is 5.04. The molecule has 29 heavy (non-hydrogen) atoms. The molecule has 3 rings (SSSR count). The molecular formula is C18H27ClN6O4. The third kappa shape index (κ3) is 5.13. The minimum Gasteiger partial charge on any atom is -0.396 e. The molecule has 11 heteroatoms. The van der Waals surface area contributed by atoms with Crippen LogP contribution in [0.2, 0.25) is 5.28 Å². The molecule has 2 aromatic heterocycles. The summed E-state index contributed by atoms with van der Waals surface area (Å²) in [5, 5.41) is 18.4. The molecule has 160 valence electrons. The quantitative estimate of drug-likeness (QED) is 0.492. The second-order valence-corrected chi connectivity index (χ2v) is 7.30. The molecule has 0 amide bonds. The van der Waals surface area contributed by atoms with Crippen molar-refractivity contribution in [2.24, 2.45) is 0 Å². The standard InChI is InChI=1S/C18H27ClN6O4/c1-29-12-4-8-24(9-5-12)15-13-14(20-17(19)22-15)16(28)23-18(21-13)25(6-2-10-26)7-3-11-27/h12,26-27H,2-11H2,1H3,(H,21,23,28). The summed E-state index contributed by atoms with van der Waals surface area (Å²) in [5.41, 5.74) is 0.129. The van der Waals surface area contributed by atoms with Crippen LogP contribution in [-0.2, 0) is 4.74 Å². The van der Waals surface area contributed by atoms with Crippen LogP contribution in [0.25, 0.3) is 11.0 Å². The molecule has 0 saturated carbocycles. The van der Waals surface area contributed by atoms with Crippen LogP contribution in [0.15, 0.2) is 4.79 Å². The Kier molecular flexibility index (Phi) is 7.59. The number of methoxy groups -OCH3 is 1. The van der Waals surface area contributed by atoms with Crippen molar-refractivity contribution in [2.45, 2.75) is 31.8 Å². The van der Waals surface area contributed by atoms with Gasteiger partial charge in [-0.2, -0.15) is 4.98 Å². The van der Waals surface area contributed by atoms with Gasteiger partial charge in [0, 0.05) is 46.5 Å². The molecule has 1 aliphatic rings. The molecule has 0 unspecified atom stereocenters. The number of nitrogens with one attached hydrogen (secondary N) is 1. The Morgan fingerprint density at radius 2 is 1.79 bits per heavy atom. The van der Waals surface area contributed by atoms with Gasteiger partial charge in [0.05, 0.1) is 6.10 Å². The maximum Gasteiger partial charge on any atom is 0.279 e. The number of aliphatic hydroxyl groups excluding tert-OH is 2. The Morgan fingerprint density at radius 3 is 2.38 bits per heavy atom. The van der Waals surface area contributed by atoms with Crippen LogP contribution < -0.4 is 15.4 Å². The minimum absolute atomic E-state index is 0.00108. The van der Waals surface area contributed by atoms with Crippen LogP contribution in [0.4, 0.5) is 11.8 Å². The fraction of sp³-hybridized carbons (Fsp3) is 0.667. The second-order valence-electron chi connectivity index (χ2n) is 6.97. The Bertz CT molecular complexity index is 863. The SMILES string of the molecule is COC1CCN(c2nc(Cl)nc3c(=O)[nH]c(N(CCCO)CCCO)nc23)CC1. The molecule has 1 saturated heterocycles. The molecule has 0 aromatic carbocycles. The lowest BCUT2D eigenvalue weighted by Crippen LogP contribution is -2.37. The van der Waals surface area contributed by atoms with E-state index in [-0.39, 0.29) is 30.1 Å². The van der Waals surface area contributed by atoms with Gasteiger partial charge in [-0.15, -0.1) is 0 Å². The van der Waals surface area contributed by atoms with Crippen molar-refractivity contribution in [2.75, 3.05) is 56.3 Å². The molecule has 0 atom stereocenters. The predicted octanol–water partition coefficient (Wildman–Crippen LogP) is 0.553. The highest BCUT2D eigenvalue weighted by molar-refractivity contribution is 6.28. The summed E-state index contributed by atoms with van der Waals surface area (Å²) in [5.74, 6) is 0.898. The zero-order chi connectivity index (χ0) is 20.8. The summed E-state index contributed by atoms with van der Waals surface area (Å²) in [6.07, 6.45) is 2.92. The van der Waals surface area contributed by atoms with Crippen LogP contribution in [0, 0.1) is 0 Å².